The van der Waals surface area contributed by atoms with Crippen molar-refractivity contribution in [3.05, 3.63) is 57.3 Å². The van der Waals surface area contributed by atoms with Gasteiger partial charge in [0, 0.05) is 35.2 Å². The van der Waals surface area contributed by atoms with Crippen molar-refractivity contribution in [1.82, 2.24) is 9.88 Å². The number of carbonyl (C=O) groups is 1. The molecule has 1 amide bonds. The molecule has 5 nitrogen and oxygen atoms in total. The molecule has 1 aromatic carbocycles. The van der Waals surface area contributed by atoms with Crippen molar-refractivity contribution in [2.24, 2.45) is 0 Å². The van der Waals surface area contributed by atoms with E-state index in [4.69, 9.17) is 4.74 Å². The molecule has 1 aromatic heterocycles. The Labute approximate surface area is 156 Å². The number of amides is 1. The summed E-state index contributed by atoms with van der Waals surface area (Å²) in [4.78, 5) is 12.1. The Balaban J connectivity index is 2.33. The Morgan fingerprint density at radius 1 is 1.36 bits per heavy atom. The summed E-state index contributed by atoms with van der Waals surface area (Å²) in [5.74, 6) is -0.395. The van der Waals surface area contributed by atoms with E-state index >= 15 is 0 Å². The number of aryl methyl sites for hydroxylation is 1. The number of nitriles is 1. The van der Waals surface area contributed by atoms with E-state index in [0.717, 1.165) is 27.1 Å². The van der Waals surface area contributed by atoms with Crippen molar-refractivity contribution in [2.75, 3.05) is 20.3 Å². The van der Waals surface area contributed by atoms with Gasteiger partial charge in [-0.3, -0.25) is 4.79 Å². The van der Waals surface area contributed by atoms with Crippen LogP contribution in [-0.4, -0.2) is 30.7 Å². The van der Waals surface area contributed by atoms with Gasteiger partial charge in [0.2, 0.25) is 0 Å². The Kier molecular flexibility index (Phi) is 6.57. The van der Waals surface area contributed by atoms with Crippen LogP contribution in [0.5, 0.6) is 0 Å². The SMILES string of the molecule is COCCNC(=O)C(C#N)=Cc1cc(C)n(-c2ccc(Br)cc2)c1C. The van der Waals surface area contributed by atoms with Crippen molar-refractivity contribution in [3.63, 3.8) is 0 Å². The van der Waals surface area contributed by atoms with Crippen LogP contribution in [0.25, 0.3) is 11.8 Å². The molecule has 25 heavy (non-hydrogen) atoms. The number of halogens is 1. The van der Waals surface area contributed by atoms with E-state index in [2.05, 4.69) is 25.8 Å². The third-order valence-corrected chi connectivity index (χ3v) is 4.34. The van der Waals surface area contributed by atoms with Crippen molar-refractivity contribution in [1.29, 1.82) is 5.26 Å². The first kappa shape index (κ1) is 19.0. The van der Waals surface area contributed by atoms with Gasteiger partial charge in [0.15, 0.2) is 0 Å². The fourth-order valence-electron chi connectivity index (χ4n) is 2.59. The van der Waals surface area contributed by atoms with E-state index in [0.29, 0.717) is 13.2 Å². The summed E-state index contributed by atoms with van der Waals surface area (Å²) in [6, 6.07) is 11.9. The monoisotopic (exact) mass is 401 g/mol. The van der Waals surface area contributed by atoms with E-state index in [1.807, 2.05) is 50.2 Å². The molecule has 2 rings (SSSR count). The molecular weight excluding hydrogens is 382 g/mol. The molecule has 0 spiro atoms. The molecule has 1 N–H and O–H groups in total. The highest BCUT2D eigenvalue weighted by Crippen LogP contribution is 2.24. The minimum Gasteiger partial charge on any atom is -0.383 e. The number of nitrogens with zero attached hydrogens (tertiary/aromatic N) is 2. The topological polar surface area (TPSA) is 67.0 Å². The van der Waals surface area contributed by atoms with Gasteiger partial charge in [-0.25, -0.2) is 0 Å². The molecule has 0 fully saturated rings. The zero-order chi connectivity index (χ0) is 18.4. The number of hydrogen-bond acceptors (Lipinski definition) is 3. The van der Waals surface area contributed by atoms with E-state index < -0.39 is 5.91 Å². The predicted molar refractivity (Wildman–Crippen MR) is 101 cm³/mol. The molecule has 0 radical (unpaired) electrons. The Morgan fingerprint density at radius 3 is 2.64 bits per heavy atom. The summed E-state index contributed by atoms with van der Waals surface area (Å²) in [6.07, 6.45) is 1.62. The molecule has 6 heteroatoms. The molecule has 0 atom stereocenters. The summed E-state index contributed by atoms with van der Waals surface area (Å²) < 4.78 is 8.00. The molecule has 2 aromatic rings. The largest absolute Gasteiger partial charge is 0.383 e. The normalized spacial score (nSPS) is 11.2. The van der Waals surface area contributed by atoms with E-state index in [1.165, 1.54) is 0 Å². The zero-order valence-electron chi connectivity index (χ0n) is 14.5. The van der Waals surface area contributed by atoms with Crippen LogP contribution in [0.1, 0.15) is 17.0 Å². The lowest BCUT2D eigenvalue weighted by Gasteiger charge is -2.09. The van der Waals surface area contributed by atoms with Gasteiger partial charge >= 0.3 is 0 Å². The number of ether oxygens (including phenoxy) is 1. The summed E-state index contributed by atoms with van der Waals surface area (Å²) in [5.41, 5.74) is 3.95. The second kappa shape index (κ2) is 8.65. The van der Waals surface area contributed by atoms with Gasteiger partial charge < -0.3 is 14.6 Å². The van der Waals surface area contributed by atoms with Crippen molar-refractivity contribution >= 4 is 27.9 Å². The van der Waals surface area contributed by atoms with Gasteiger partial charge in [0.25, 0.3) is 5.91 Å². The Hall–Kier alpha value is -2.36. The van der Waals surface area contributed by atoms with Crippen molar-refractivity contribution in [2.45, 2.75) is 13.8 Å². The Bertz CT molecular complexity index is 830. The minimum absolute atomic E-state index is 0.0761. The summed E-state index contributed by atoms with van der Waals surface area (Å²) in [7, 11) is 1.56. The van der Waals surface area contributed by atoms with Crippen LogP contribution in [0.2, 0.25) is 0 Å². The van der Waals surface area contributed by atoms with Gasteiger partial charge in [-0.15, -0.1) is 0 Å². The van der Waals surface area contributed by atoms with Crippen LogP contribution in [0, 0.1) is 25.2 Å². The number of carbonyl (C=O) groups excluding carboxylic acids is 1. The van der Waals surface area contributed by atoms with Crippen molar-refractivity contribution in [3.8, 4) is 11.8 Å². The van der Waals surface area contributed by atoms with Crippen LogP contribution in [-0.2, 0) is 9.53 Å². The molecule has 0 aliphatic carbocycles. The molecule has 0 saturated heterocycles. The first-order chi connectivity index (χ1) is 12.0. The van der Waals surface area contributed by atoms with Gasteiger partial charge in [-0.1, -0.05) is 15.9 Å². The fraction of sp³-hybridized carbons (Fsp3) is 0.263. The maximum Gasteiger partial charge on any atom is 0.262 e. The average Bonchev–Trinajstić information content (AvgIpc) is 2.87. The maximum absolute atomic E-state index is 12.1. The lowest BCUT2D eigenvalue weighted by atomic mass is 10.1. The third kappa shape index (κ3) is 4.59. The molecule has 0 unspecified atom stereocenters. The zero-order valence-corrected chi connectivity index (χ0v) is 16.1. The Morgan fingerprint density at radius 2 is 2.04 bits per heavy atom. The van der Waals surface area contributed by atoms with E-state index in [1.54, 1.807) is 13.2 Å². The predicted octanol–water partition coefficient (Wildman–Crippen LogP) is 3.53. The number of rotatable bonds is 6. The van der Waals surface area contributed by atoms with Crippen LogP contribution < -0.4 is 5.32 Å². The molecule has 1 heterocycles. The molecule has 130 valence electrons. The maximum atomic E-state index is 12.1. The number of hydrogen-bond donors (Lipinski definition) is 1. The third-order valence-electron chi connectivity index (χ3n) is 3.81. The van der Waals surface area contributed by atoms with Crippen LogP contribution in [0.3, 0.4) is 0 Å². The molecule has 0 saturated carbocycles. The van der Waals surface area contributed by atoms with Crippen LogP contribution >= 0.6 is 15.9 Å². The average molecular weight is 402 g/mol. The highest BCUT2D eigenvalue weighted by atomic mass is 79.9. The lowest BCUT2D eigenvalue weighted by molar-refractivity contribution is -0.117. The van der Waals surface area contributed by atoms with Gasteiger partial charge in [-0.05, 0) is 55.8 Å². The quantitative estimate of drug-likeness (QED) is 0.457. The number of methoxy groups -OCH3 is 1. The molecule has 0 aliphatic heterocycles. The number of benzene rings is 1. The van der Waals surface area contributed by atoms with E-state index in [9.17, 15) is 10.1 Å². The molecule has 0 bridgehead atoms. The minimum atomic E-state index is -0.395. The smallest absolute Gasteiger partial charge is 0.262 e. The second-order valence-corrected chi connectivity index (χ2v) is 6.47. The van der Waals surface area contributed by atoms with Crippen LogP contribution in [0.15, 0.2) is 40.4 Å². The summed E-state index contributed by atoms with van der Waals surface area (Å²) >= 11 is 3.44. The molecular formula is C19H20BrN3O2. The summed E-state index contributed by atoms with van der Waals surface area (Å²) in [5, 5.41) is 12.0. The highest BCUT2D eigenvalue weighted by molar-refractivity contribution is 9.10. The van der Waals surface area contributed by atoms with Gasteiger partial charge in [0.1, 0.15) is 11.6 Å². The number of aromatic nitrogens is 1. The van der Waals surface area contributed by atoms with Gasteiger partial charge in [0.05, 0.1) is 6.61 Å². The first-order valence-corrected chi connectivity index (χ1v) is 8.61. The highest BCUT2D eigenvalue weighted by Gasteiger charge is 2.13. The van der Waals surface area contributed by atoms with Crippen LogP contribution in [0.4, 0.5) is 0 Å². The van der Waals surface area contributed by atoms with E-state index in [-0.39, 0.29) is 5.57 Å². The fourth-order valence-corrected chi connectivity index (χ4v) is 2.85. The summed E-state index contributed by atoms with van der Waals surface area (Å²) in [6.45, 7) is 4.74. The lowest BCUT2D eigenvalue weighted by Crippen LogP contribution is -2.27. The second-order valence-electron chi connectivity index (χ2n) is 5.56. The van der Waals surface area contributed by atoms with Crippen molar-refractivity contribution < 1.29 is 9.53 Å². The first-order valence-electron chi connectivity index (χ1n) is 7.81. The standard InChI is InChI=1S/C19H20BrN3O2/c1-13-10-15(11-16(12-21)19(24)22-8-9-25-3)14(2)23(13)18-6-4-17(20)5-7-18/h4-7,10-11H,8-9H2,1-3H3,(H,22,24). The van der Waals surface area contributed by atoms with Gasteiger partial charge in [-0.2, -0.15) is 5.26 Å². The molecule has 0 aliphatic rings. The number of nitrogens with one attached hydrogen (secondary N) is 1.